The third kappa shape index (κ3) is 6.26. The van der Waals surface area contributed by atoms with E-state index in [1.165, 1.54) is 115 Å². The van der Waals surface area contributed by atoms with Gasteiger partial charge in [-0.2, -0.15) is 0 Å². The fourth-order valence-corrected chi connectivity index (χ4v) is 14.0. The van der Waals surface area contributed by atoms with Crippen LogP contribution in [0, 0.1) is 6.92 Å². The minimum absolute atomic E-state index is 0.0130. The average Bonchev–Trinajstić information content (AvgIpc) is 3.67. The van der Waals surface area contributed by atoms with Crippen molar-refractivity contribution in [3.05, 3.63) is 172 Å². The Morgan fingerprint density at radius 3 is 1.73 bits per heavy atom. The van der Waals surface area contributed by atoms with Gasteiger partial charge in [-0.3, -0.25) is 0 Å². The number of aryl methyl sites for hydroxylation is 1. The molecule has 0 bridgehead atoms. The van der Waals surface area contributed by atoms with Crippen LogP contribution >= 0.6 is 0 Å². The summed E-state index contributed by atoms with van der Waals surface area (Å²) in [6.07, 6.45) is 4.92. The highest BCUT2D eigenvalue weighted by Gasteiger charge is 2.61. The molecule has 2 aliphatic carbocycles. The second kappa shape index (κ2) is 14.8. The topological polar surface area (TPSA) is 9.72 Å². The van der Waals surface area contributed by atoms with Gasteiger partial charge in [-0.1, -0.05) is 175 Å². The van der Waals surface area contributed by atoms with Gasteiger partial charge in [0.1, 0.15) is 0 Å². The molecule has 354 valence electrons. The van der Waals surface area contributed by atoms with Gasteiger partial charge < -0.3 is 14.7 Å². The predicted molar refractivity (Wildman–Crippen MR) is 302 cm³/mol. The predicted octanol–water partition coefficient (Wildman–Crippen LogP) is 16.0. The number of nitrogens with zero attached hydrogens (tertiary/aromatic N) is 3. The fourth-order valence-electron chi connectivity index (χ4n) is 14.0. The Labute approximate surface area is 420 Å². The lowest BCUT2D eigenvalue weighted by atomic mass is 9.33. The lowest BCUT2D eigenvalue weighted by molar-refractivity contribution is 0.195. The second-order valence-corrected chi connectivity index (χ2v) is 25.9. The van der Waals surface area contributed by atoms with E-state index in [0.29, 0.717) is 0 Å². The Balaban J connectivity index is 1.17. The first-order valence-electron chi connectivity index (χ1n) is 26.3. The Bertz CT molecular complexity index is 3240. The molecule has 12 rings (SSSR count). The number of anilines is 8. The van der Waals surface area contributed by atoms with Crippen LogP contribution in [0.25, 0.3) is 11.1 Å². The van der Waals surface area contributed by atoms with Crippen molar-refractivity contribution in [2.24, 2.45) is 0 Å². The lowest BCUT2D eigenvalue weighted by Crippen LogP contribution is -2.64. The first-order valence-corrected chi connectivity index (χ1v) is 26.3. The summed E-state index contributed by atoms with van der Waals surface area (Å²) < 4.78 is 0. The lowest BCUT2D eigenvalue weighted by Gasteiger charge is -2.53. The van der Waals surface area contributed by atoms with Crippen LogP contribution in [-0.4, -0.2) is 12.3 Å². The zero-order valence-electron chi connectivity index (χ0n) is 44.4. The van der Waals surface area contributed by atoms with Crippen LogP contribution < -0.4 is 31.1 Å². The van der Waals surface area contributed by atoms with E-state index in [1.807, 2.05) is 0 Å². The average molecular weight is 918 g/mol. The van der Waals surface area contributed by atoms with Gasteiger partial charge in [-0.05, 0) is 164 Å². The molecule has 0 spiro atoms. The molecule has 3 heterocycles. The standard InChI is InChI=1S/C66H72BN3/c1-41-36-56-59-57(37-41)70-60-51(65(13)34-17-18-35-66(65,70)14)38-44(63(8,9)10)39-53(60)67(59)52-33-32-47(40-55(52)69(56)54-23-19-21-49-48-20-15-16-22-50(48)64(11,12)58(49)54)68(45-28-24-42(25-29-45)61(2,3)4)46-30-26-43(27-31-46)62(5,6)7/h15-16,19-33,36-40H,17-18,34-35H2,1-14H3. The molecule has 1 fully saturated rings. The summed E-state index contributed by atoms with van der Waals surface area (Å²) in [5.74, 6) is 0. The van der Waals surface area contributed by atoms with Crippen molar-refractivity contribution in [1.82, 2.24) is 0 Å². The quantitative estimate of drug-likeness (QED) is 0.163. The normalized spacial score (nSPS) is 20.3. The maximum atomic E-state index is 2.89. The van der Waals surface area contributed by atoms with E-state index in [0.717, 1.165) is 17.1 Å². The van der Waals surface area contributed by atoms with E-state index in [9.17, 15) is 0 Å². The first-order chi connectivity index (χ1) is 33.0. The van der Waals surface area contributed by atoms with E-state index >= 15 is 0 Å². The SMILES string of the molecule is Cc1cc2c3c(c1)N1c4c(cc(C(C)(C)C)cc4C4(C)CCCCC14C)B3c1ccc(N(c3ccc(C(C)(C)C)cc3)c3ccc(C(C)(C)C)cc3)cc1N2c1cccc2c1C(C)(C)c1ccccc1-2. The van der Waals surface area contributed by atoms with Crippen LogP contribution in [0.3, 0.4) is 0 Å². The summed E-state index contributed by atoms with van der Waals surface area (Å²) in [7, 11) is 0. The Kier molecular flexibility index (Phi) is 9.54. The van der Waals surface area contributed by atoms with Crippen molar-refractivity contribution in [2.45, 2.75) is 155 Å². The second-order valence-electron chi connectivity index (χ2n) is 25.9. The molecular weight excluding hydrogens is 846 g/mol. The molecule has 0 radical (unpaired) electrons. The number of rotatable bonds is 4. The minimum atomic E-state index is -0.216. The molecule has 3 aliphatic heterocycles. The third-order valence-corrected chi connectivity index (χ3v) is 18.1. The fraction of sp³-hybridized carbons (Fsp3) is 0.364. The monoisotopic (exact) mass is 918 g/mol. The summed E-state index contributed by atoms with van der Waals surface area (Å²) in [6.45, 7) is 33.6. The van der Waals surface area contributed by atoms with Crippen molar-refractivity contribution in [2.75, 3.05) is 14.7 Å². The molecule has 7 aromatic carbocycles. The number of hydrogen-bond acceptors (Lipinski definition) is 3. The molecule has 0 N–H and O–H groups in total. The smallest absolute Gasteiger partial charge is 0.252 e. The van der Waals surface area contributed by atoms with Gasteiger partial charge in [-0.15, -0.1) is 0 Å². The highest BCUT2D eigenvalue weighted by atomic mass is 15.3. The van der Waals surface area contributed by atoms with Gasteiger partial charge in [0.2, 0.25) is 0 Å². The molecule has 4 heteroatoms. The molecule has 0 aromatic heterocycles. The van der Waals surface area contributed by atoms with Crippen LogP contribution in [0.4, 0.5) is 45.5 Å². The van der Waals surface area contributed by atoms with Crippen LogP contribution in [0.2, 0.25) is 0 Å². The van der Waals surface area contributed by atoms with Crippen molar-refractivity contribution >= 4 is 68.6 Å². The van der Waals surface area contributed by atoms with Gasteiger partial charge in [-0.25, -0.2) is 0 Å². The van der Waals surface area contributed by atoms with Crippen LogP contribution in [0.1, 0.15) is 155 Å². The van der Waals surface area contributed by atoms with Gasteiger partial charge in [0.15, 0.2) is 0 Å². The molecule has 70 heavy (non-hydrogen) atoms. The summed E-state index contributed by atoms with van der Waals surface area (Å²) >= 11 is 0. The maximum Gasteiger partial charge on any atom is 0.252 e. The maximum absolute atomic E-state index is 2.89. The zero-order chi connectivity index (χ0) is 49.2. The van der Waals surface area contributed by atoms with Crippen molar-refractivity contribution in [3.8, 4) is 11.1 Å². The van der Waals surface area contributed by atoms with Gasteiger partial charge in [0.05, 0.1) is 11.2 Å². The van der Waals surface area contributed by atoms with E-state index in [2.05, 4.69) is 245 Å². The third-order valence-electron chi connectivity index (χ3n) is 18.1. The largest absolute Gasteiger partial charge is 0.335 e. The molecule has 3 nitrogen and oxygen atoms in total. The van der Waals surface area contributed by atoms with E-state index in [4.69, 9.17) is 0 Å². The minimum Gasteiger partial charge on any atom is -0.335 e. The van der Waals surface area contributed by atoms with E-state index < -0.39 is 0 Å². The Morgan fingerprint density at radius 1 is 0.500 bits per heavy atom. The summed E-state index contributed by atoms with van der Waals surface area (Å²) in [4.78, 5) is 8.11. The van der Waals surface area contributed by atoms with Crippen LogP contribution in [-0.2, 0) is 27.1 Å². The molecule has 1 saturated carbocycles. The van der Waals surface area contributed by atoms with E-state index in [1.54, 1.807) is 5.56 Å². The van der Waals surface area contributed by atoms with Crippen molar-refractivity contribution < 1.29 is 0 Å². The number of fused-ring (bicyclic) bond motifs is 10. The summed E-state index contributed by atoms with van der Waals surface area (Å²) in [5.41, 5.74) is 26.8. The number of benzene rings is 7. The van der Waals surface area contributed by atoms with Crippen LogP contribution in [0.15, 0.2) is 133 Å². The molecule has 0 saturated heterocycles. The van der Waals surface area contributed by atoms with E-state index in [-0.39, 0.29) is 39.3 Å². The summed E-state index contributed by atoms with van der Waals surface area (Å²) in [6, 6.07) is 52.8. The Morgan fingerprint density at radius 2 is 1.09 bits per heavy atom. The molecule has 0 amide bonds. The molecular formula is C66H72BN3. The molecule has 5 aliphatic rings. The molecule has 2 atom stereocenters. The van der Waals surface area contributed by atoms with Crippen molar-refractivity contribution in [3.63, 3.8) is 0 Å². The molecule has 7 aromatic rings. The van der Waals surface area contributed by atoms with Gasteiger partial charge in [0, 0.05) is 50.6 Å². The molecule has 2 unspecified atom stereocenters. The van der Waals surface area contributed by atoms with Gasteiger partial charge >= 0.3 is 0 Å². The first kappa shape index (κ1) is 45.2. The van der Waals surface area contributed by atoms with Crippen LogP contribution in [0.5, 0.6) is 0 Å². The Hall–Kier alpha value is -6.00. The highest BCUT2D eigenvalue weighted by molar-refractivity contribution is 7.00. The highest BCUT2D eigenvalue weighted by Crippen LogP contribution is 2.63. The van der Waals surface area contributed by atoms with Gasteiger partial charge in [0.25, 0.3) is 6.71 Å². The summed E-state index contributed by atoms with van der Waals surface area (Å²) in [5, 5.41) is 0. The van der Waals surface area contributed by atoms with Crippen molar-refractivity contribution in [1.29, 1.82) is 0 Å². The zero-order valence-corrected chi connectivity index (χ0v) is 44.4. The number of hydrogen-bond donors (Lipinski definition) is 0.